The van der Waals surface area contributed by atoms with Gasteiger partial charge in [0, 0.05) is 0 Å². The number of carboxylic acids is 6. The Hall–Kier alpha value is -6.90. The molecule has 0 amide bonds. The lowest BCUT2D eigenvalue weighted by Crippen LogP contribution is -2.08. The molecule has 48 heavy (non-hydrogen) atoms. The Morgan fingerprint density at radius 1 is 0.354 bits per heavy atom. The summed E-state index contributed by atoms with van der Waals surface area (Å²) in [6.45, 7) is 0. The number of carbonyl (C=O) groups is 6. The molecule has 0 aliphatic heterocycles. The van der Waals surface area contributed by atoms with Gasteiger partial charge in [0.15, 0.2) is 0 Å². The van der Waals surface area contributed by atoms with E-state index in [4.69, 9.17) is 14.2 Å². The minimum Gasteiger partial charge on any atom is -0.495 e. The second kappa shape index (κ2) is 13.2. The normalized spacial score (nSPS) is 10.6. The highest BCUT2D eigenvalue weighted by Crippen LogP contribution is 2.57. The van der Waals surface area contributed by atoms with Crippen molar-refractivity contribution in [1.29, 1.82) is 0 Å². The van der Waals surface area contributed by atoms with E-state index >= 15 is 0 Å². The molecule has 4 aromatic rings. The minimum atomic E-state index is -1.51. The van der Waals surface area contributed by atoms with E-state index < -0.39 is 69.2 Å². The molecule has 246 valence electrons. The van der Waals surface area contributed by atoms with Gasteiger partial charge in [-0.05, 0) is 71.3 Å². The first-order valence-electron chi connectivity index (χ1n) is 13.3. The monoisotopic (exact) mass is 660 g/mol. The average Bonchev–Trinajstić information content (AvgIpc) is 3.05. The summed E-state index contributed by atoms with van der Waals surface area (Å²) in [7, 11) is 3.48. The fourth-order valence-corrected chi connectivity index (χ4v) is 5.14. The van der Waals surface area contributed by atoms with Gasteiger partial charge in [0.1, 0.15) is 17.2 Å². The van der Waals surface area contributed by atoms with Crippen molar-refractivity contribution >= 4 is 35.8 Å². The van der Waals surface area contributed by atoms with Crippen LogP contribution in [-0.2, 0) is 0 Å². The predicted molar refractivity (Wildman–Crippen MR) is 164 cm³/mol. The quantitative estimate of drug-likeness (QED) is 0.118. The number of aromatic carboxylic acids is 6. The average molecular weight is 661 g/mol. The number of ether oxygens (including phenoxy) is 3. The number of hydrogen-bond acceptors (Lipinski definition) is 9. The first-order chi connectivity index (χ1) is 22.6. The molecule has 6 N–H and O–H groups in total. The Morgan fingerprint density at radius 2 is 0.521 bits per heavy atom. The van der Waals surface area contributed by atoms with Crippen LogP contribution in [-0.4, -0.2) is 87.8 Å². The zero-order valence-corrected chi connectivity index (χ0v) is 25.1. The Balaban J connectivity index is 2.39. The summed E-state index contributed by atoms with van der Waals surface area (Å²) in [4.78, 5) is 72.3. The predicted octanol–water partition coefficient (Wildman–Crippen LogP) is 4.90. The van der Waals surface area contributed by atoms with Crippen molar-refractivity contribution in [1.82, 2.24) is 0 Å². The largest absolute Gasteiger partial charge is 0.495 e. The van der Waals surface area contributed by atoms with Crippen molar-refractivity contribution in [3.05, 3.63) is 88.0 Å². The highest BCUT2D eigenvalue weighted by molar-refractivity contribution is 6.05. The van der Waals surface area contributed by atoms with E-state index in [0.29, 0.717) is 0 Å². The fraction of sp³-hybridized carbons (Fsp3) is 0.0909. The van der Waals surface area contributed by atoms with Crippen LogP contribution >= 0.6 is 0 Å². The van der Waals surface area contributed by atoms with Crippen LogP contribution < -0.4 is 14.2 Å². The fourth-order valence-electron chi connectivity index (χ4n) is 5.14. The molecular formula is C33H24O15. The van der Waals surface area contributed by atoms with Gasteiger partial charge in [-0.25, -0.2) is 28.8 Å². The van der Waals surface area contributed by atoms with E-state index in [1.165, 1.54) is 0 Å². The van der Waals surface area contributed by atoms with Crippen LogP contribution in [0.15, 0.2) is 54.6 Å². The molecule has 0 atom stereocenters. The Morgan fingerprint density at radius 3 is 0.646 bits per heavy atom. The maximum Gasteiger partial charge on any atom is 0.335 e. The van der Waals surface area contributed by atoms with Crippen molar-refractivity contribution in [2.45, 2.75) is 0 Å². The van der Waals surface area contributed by atoms with Crippen molar-refractivity contribution < 1.29 is 73.6 Å². The highest BCUT2D eigenvalue weighted by Gasteiger charge is 2.32. The molecule has 0 aliphatic carbocycles. The van der Waals surface area contributed by atoms with Gasteiger partial charge >= 0.3 is 35.8 Å². The van der Waals surface area contributed by atoms with E-state index in [1.807, 2.05) is 0 Å². The third-order valence-electron chi connectivity index (χ3n) is 7.12. The molecule has 0 fully saturated rings. The third-order valence-corrected chi connectivity index (χ3v) is 7.12. The van der Waals surface area contributed by atoms with Gasteiger partial charge in [0.25, 0.3) is 0 Å². The summed E-state index contributed by atoms with van der Waals surface area (Å²) in [5.41, 5.74) is -3.74. The number of benzene rings is 4. The van der Waals surface area contributed by atoms with Gasteiger partial charge in [-0.2, -0.15) is 0 Å². The van der Waals surface area contributed by atoms with Crippen molar-refractivity contribution in [3.8, 4) is 50.6 Å². The molecule has 0 aliphatic rings. The molecule has 15 nitrogen and oxygen atoms in total. The summed E-state index contributed by atoms with van der Waals surface area (Å²) in [6, 6.07) is 9.19. The Kier molecular flexibility index (Phi) is 9.36. The van der Waals surface area contributed by atoms with Gasteiger partial charge in [-0.15, -0.1) is 0 Å². The van der Waals surface area contributed by atoms with Crippen LogP contribution in [0.3, 0.4) is 0 Å². The summed E-state index contributed by atoms with van der Waals surface area (Å²) in [6.07, 6.45) is 0. The number of hydrogen-bond donors (Lipinski definition) is 6. The van der Waals surface area contributed by atoms with Crippen LogP contribution in [0.5, 0.6) is 17.2 Å². The van der Waals surface area contributed by atoms with Crippen molar-refractivity contribution in [3.63, 3.8) is 0 Å². The molecule has 15 heteroatoms. The standard InChI is InChI=1S/C33H24O15/c1-46-25-22(13-4-16(28(34)35)10-17(5-13)29(36)37)26(47-2)24(15-8-20(32(42)43)12-21(9-15)33(44)45)27(48-3)23(25)14-6-18(30(38)39)11-19(7-14)31(40)41/h4-12H,1-3H3,(H,34,35)(H,36,37)(H,38,39)(H,40,41)(H,42,43)(H,44,45). The van der Waals surface area contributed by atoms with E-state index in [0.717, 1.165) is 75.9 Å². The first kappa shape index (κ1) is 34.0. The van der Waals surface area contributed by atoms with Crippen LogP contribution in [0.2, 0.25) is 0 Å². The summed E-state index contributed by atoms with van der Waals surface area (Å²) < 4.78 is 17.2. The maximum absolute atomic E-state index is 12.1. The topological polar surface area (TPSA) is 251 Å². The zero-order valence-electron chi connectivity index (χ0n) is 25.1. The van der Waals surface area contributed by atoms with E-state index in [2.05, 4.69) is 0 Å². The lowest BCUT2D eigenvalue weighted by atomic mass is 9.86. The van der Waals surface area contributed by atoms with Gasteiger partial charge in [0.2, 0.25) is 0 Å². The molecule has 0 heterocycles. The second-order valence-corrected chi connectivity index (χ2v) is 9.95. The summed E-state index contributed by atoms with van der Waals surface area (Å²) in [5, 5.41) is 58.8. The first-order valence-corrected chi connectivity index (χ1v) is 13.3. The Bertz CT molecular complexity index is 1710. The van der Waals surface area contributed by atoms with Gasteiger partial charge < -0.3 is 44.8 Å². The van der Waals surface area contributed by atoms with E-state index in [-0.39, 0.29) is 50.6 Å². The molecule has 0 aromatic heterocycles. The summed E-state index contributed by atoms with van der Waals surface area (Å²) >= 11 is 0. The number of rotatable bonds is 12. The molecule has 0 saturated heterocycles. The molecule has 4 aromatic carbocycles. The van der Waals surface area contributed by atoms with Crippen molar-refractivity contribution in [2.24, 2.45) is 0 Å². The Labute approximate surface area is 269 Å². The lowest BCUT2D eigenvalue weighted by molar-refractivity contribution is 0.0676. The van der Waals surface area contributed by atoms with Crippen LogP contribution in [0, 0.1) is 0 Å². The van der Waals surface area contributed by atoms with E-state index in [1.54, 1.807) is 0 Å². The highest BCUT2D eigenvalue weighted by atomic mass is 16.5. The van der Waals surface area contributed by atoms with Crippen LogP contribution in [0.1, 0.15) is 62.1 Å². The zero-order chi connectivity index (χ0) is 35.6. The van der Waals surface area contributed by atoms with E-state index in [9.17, 15) is 59.4 Å². The smallest absolute Gasteiger partial charge is 0.335 e. The molecule has 0 radical (unpaired) electrons. The molecule has 0 spiro atoms. The summed E-state index contributed by atoms with van der Waals surface area (Å²) in [5.74, 6) is -9.76. The van der Waals surface area contributed by atoms with Gasteiger partial charge in [-0.3, -0.25) is 0 Å². The lowest BCUT2D eigenvalue weighted by Gasteiger charge is -2.25. The number of carboxylic acid groups (broad SMARTS) is 6. The molecule has 0 saturated carbocycles. The molecule has 4 rings (SSSR count). The molecule has 0 bridgehead atoms. The maximum atomic E-state index is 12.1. The van der Waals surface area contributed by atoms with Gasteiger partial charge in [-0.1, -0.05) is 0 Å². The third kappa shape index (κ3) is 6.28. The van der Waals surface area contributed by atoms with Gasteiger partial charge in [0.05, 0.1) is 71.4 Å². The SMILES string of the molecule is COc1c(-c2cc(C(=O)O)cc(C(=O)O)c2)c(OC)c(-c2cc(C(=O)O)cc(C(=O)O)c2)c(OC)c1-c1cc(C(=O)O)cc(C(=O)O)c1. The number of methoxy groups -OCH3 is 3. The van der Waals surface area contributed by atoms with Crippen LogP contribution in [0.25, 0.3) is 33.4 Å². The van der Waals surface area contributed by atoms with Crippen LogP contribution in [0.4, 0.5) is 0 Å². The minimum absolute atomic E-state index is 0.133. The van der Waals surface area contributed by atoms with Crippen molar-refractivity contribution in [2.75, 3.05) is 21.3 Å². The molecule has 0 unspecified atom stereocenters. The second-order valence-electron chi connectivity index (χ2n) is 9.95. The molecular weight excluding hydrogens is 636 g/mol.